The molecule has 2 heterocycles. The smallest absolute Gasteiger partial charge is 0.408 e. The maximum atomic E-state index is 12.8. The molecule has 0 aliphatic rings. The summed E-state index contributed by atoms with van der Waals surface area (Å²) in [6.07, 6.45) is 2.53. The van der Waals surface area contributed by atoms with Gasteiger partial charge in [0.15, 0.2) is 5.58 Å². The first-order valence-electron chi connectivity index (χ1n) is 10.4. The Morgan fingerprint density at radius 1 is 1.22 bits per heavy atom. The highest BCUT2D eigenvalue weighted by atomic mass is 35.5. The van der Waals surface area contributed by atoms with E-state index in [-0.39, 0.29) is 32.8 Å². The van der Waals surface area contributed by atoms with Crippen LogP contribution in [0.25, 0.3) is 11.1 Å². The van der Waals surface area contributed by atoms with Crippen LogP contribution in [0.3, 0.4) is 0 Å². The van der Waals surface area contributed by atoms with E-state index in [2.05, 4.69) is 25.9 Å². The van der Waals surface area contributed by atoms with Gasteiger partial charge in [-0.05, 0) is 24.6 Å². The lowest BCUT2D eigenvalue weighted by molar-refractivity contribution is 0.489. The third-order valence-electron chi connectivity index (χ3n) is 5.16. The molecule has 0 radical (unpaired) electrons. The molecule has 1 N–H and O–H groups in total. The Morgan fingerprint density at radius 2 is 1.97 bits per heavy atom. The highest BCUT2D eigenvalue weighted by Crippen LogP contribution is 2.31. The summed E-state index contributed by atoms with van der Waals surface area (Å²) >= 11 is 7.19. The zero-order chi connectivity index (χ0) is 26.1. The summed E-state index contributed by atoms with van der Waals surface area (Å²) < 4.78 is 61.1. The predicted octanol–water partition coefficient (Wildman–Crippen LogP) is 3.30. The van der Waals surface area contributed by atoms with E-state index in [9.17, 15) is 21.6 Å². The van der Waals surface area contributed by atoms with Crippen molar-refractivity contribution in [3.8, 4) is 11.8 Å². The highest BCUT2D eigenvalue weighted by molar-refractivity contribution is 7.93. The maximum Gasteiger partial charge on any atom is 0.420 e. The molecule has 14 heteroatoms. The summed E-state index contributed by atoms with van der Waals surface area (Å²) in [5, 5.41) is -0.0526. The maximum absolute atomic E-state index is 12.8. The number of hydrogen-bond acceptors (Lipinski definition) is 9. The van der Waals surface area contributed by atoms with Crippen molar-refractivity contribution in [2.75, 3.05) is 16.7 Å². The molecule has 0 aliphatic heterocycles. The van der Waals surface area contributed by atoms with E-state index in [1.165, 1.54) is 23.0 Å². The van der Waals surface area contributed by atoms with Crippen LogP contribution in [-0.4, -0.2) is 42.8 Å². The molecule has 36 heavy (non-hydrogen) atoms. The van der Waals surface area contributed by atoms with Crippen LogP contribution in [0, 0.1) is 11.8 Å². The number of aromatic nitrogens is 3. The Bertz CT molecular complexity index is 1770. The first-order valence-corrected chi connectivity index (χ1v) is 15.1. The molecule has 1 atom stereocenters. The van der Waals surface area contributed by atoms with Gasteiger partial charge in [-0.15, -0.1) is 0 Å². The van der Waals surface area contributed by atoms with Gasteiger partial charge in [-0.1, -0.05) is 41.6 Å². The number of hydrogen-bond donors (Lipinski definition) is 1. The number of nitrogens with one attached hydrogen (secondary N) is 1. The predicted molar refractivity (Wildman–Crippen MR) is 138 cm³/mol. The van der Waals surface area contributed by atoms with Crippen LogP contribution in [0.1, 0.15) is 30.5 Å². The molecule has 0 spiro atoms. The summed E-state index contributed by atoms with van der Waals surface area (Å²) in [5.74, 6) is 5.07. The Balaban J connectivity index is 1.73. The molecular weight excluding hydrogens is 548 g/mol. The molecular formula is C22H19ClN4O6S3. The van der Waals surface area contributed by atoms with Crippen molar-refractivity contribution in [2.24, 2.45) is 0 Å². The van der Waals surface area contributed by atoms with Gasteiger partial charge in [0.1, 0.15) is 21.1 Å². The number of nitrogens with zero attached hydrogens (tertiary/aromatic N) is 3. The van der Waals surface area contributed by atoms with Crippen LogP contribution in [0.15, 0.2) is 56.8 Å². The first kappa shape index (κ1) is 25.9. The summed E-state index contributed by atoms with van der Waals surface area (Å²) in [4.78, 5) is 16.3. The number of oxazole rings is 1. The van der Waals surface area contributed by atoms with Crippen molar-refractivity contribution < 1.29 is 21.3 Å². The number of benzene rings is 2. The molecule has 10 nitrogen and oxygen atoms in total. The van der Waals surface area contributed by atoms with Gasteiger partial charge >= 0.3 is 5.76 Å². The van der Waals surface area contributed by atoms with E-state index in [0.29, 0.717) is 16.6 Å². The lowest BCUT2D eigenvalue weighted by Crippen LogP contribution is -2.20. The molecule has 0 unspecified atom stereocenters. The number of rotatable bonds is 7. The second-order valence-electron chi connectivity index (χ2n) is 7.79. The van der Waals surface area contributed by atoms with Crippen molar-refractivity contribution in [1.82, 2.24) is 13.9 Å². The molecule has 0 bridgehead atoms. The minimum Gasteiger partial charge on any atom is -0.408 e. The molecule has 4 aromatic rings. The van der Waals surface area contributed by atoms with E-state index >= 15 is 0 Å². The molecule has 188 valence electrons. The lowest BCUT2D eigenvalue weighted by Gasteiger charge is -2.15. The average Bonchev–Trinajstić information content (AvgIpc) is 3.41. The van der Waals surface area contributed by atoms with Gasteiger partial charge in [0, 0.05) is 35.8 Å². The van der Waals surface area contributed by atoms with Gasteiger partial charge in [0.05, 0.1) is 22.3 Å². The second kappa shape index (κ2) is 10.1. The molecule has 0 saturated heterocycles. The van der Waals surface area contributed by atoms with Gasteiger partial charge in [0.2, 0.25) is 5.13 Å². The molecule has 2 aromatic heterocycles. The Hall–Kier alpha value is -3.18. The molecule has 4 rings (SSSR count). The average molecular weight is 567 g/mol. The molecule has 0 fully saturated rings. The first-order chi connectivity index (χ1) is 17.0. The van der Waals surface area contributed by atoms with Gasteiger partial charge in [-0.2, -0.15) is 4.37 Å². The normalized spacial score (nSPS) is 12.8. The second-order valence-corrected chi connectivity index (χ2v) is 12.9. The van der Waals surface area contributed by atoms with Crippen LogP contribution in [-0.2, 0) is 19.9 Å². The monoisotopic (exact) mass is 566 g/mol. The fraction of sp³-hybridized carbons (Fsp3) is 0.227. The number of sulfonamides is 1. The van der Waals surface area contributed by atoms with Gasteiger partial charge in [0.25, 0.3) is 10.0 Å². The van der Waals surface area contributed by atoms with E-state index < -0.39 is 31.7 Å². The zero-order valence-electron chi connectivity index (χ0n) is 18.9. The van der Waals surface area contributed by atoms with Crippen molar-refractivity contribution in [3.63, 3.8) is 0 Å². The van der Waals surface area contributed by atoms with E-state index in [0.717, 1.165) is 17.8 Å². The molecule has 0 amide bonds. The number of sulfone groups is 1. The zero-order valence-corrected chi connectivity index (χ0v) is 22.1. The van der Waals surface area contributed by atoms with Crippen LogP contribution in [0.4, 0.5) is 5.13 Å². The van der Waals surface area contributed by atoms with Gasteiger partial charge in [-0.25, -0.2) is 26.6 Å². The van der Waals surface area contributed by atoms with Crippen molar-refractivity contribution >= 4 is 59.2 Å². The third kappa shape index (κ3) is 5.62. The topological polar surface area (TPSA) is 141 Å². The molecule has 0 aliphatic carbocycles. The van der Waals surface area contributed by atoms with Crippen LogP contribution < -0.4 is 10.5 Å². The van der Waals surface area contributed by atoms with Crippen LogP contribution in [0.5, 0.6) is 0 Å². The molecule has 0 saturated carbocycles. The summed E-state index contributed by atoms with van der Waals surface area (Å²) in [6, 6.07) is 9.11. The van der Waals surface area contributed by atoms with Gasteiger partial charge in [-0.3, -0.25) is 9.29 Å². The minimum absolute atomic E-state index is 0.0330. The minimum atomic E-state index is -4.12. The van der Waals surface area contributed by atoms with E-state index in [4.69, 9.17) is 16.0 Å². The number of halogens is 1. The third-order valence-corrected chi connectivity index (χ3v) is 8.62. The molecule has 2 aromatic carbocycles. The van der Waals surface area contributed by atoms with E-state index in [1.54, 1.807) is 31.2 Å². The number of anilines is 1. The van der Waals surface area contributed by atoms with Crippen molar-refractivity contribution in [3.05, 3.63) is 69.4 Å². The van der Waals surface area contributed by atoms with E-state index in [1.807, 2.05) is 0 Å². The summed E-state index contributed by atoms with van der Waals surface area (Å²) in [7, 11) is -7.25. The van der Waals surface area contributed by atoms with Crippen LogP contribution >= 0.6 is 23.1 Å². The van der Waals surface area contributed by atoms with Crippen molar-refractivity contribution in [2.45, 2.75) is 24.3 Å². The standard InChI is InChI=1S/C22H19ClN4O6S3/c1-14(16-9-4-3-7-15(16)8-5-6-10-35(2,29)30)27-18-11-17(23)20(12-19(18)33-22(27)28)36(31,32)26-21-24-13-25-34-21/h3-4,7,9,11-14H,6,10H2,1-2H3,(H,24,25,26)/t14-/m1/s1. The largest absolute Gasteiger partial charge is 0.420 e. The SMILES string of the molecule is C[C@H](c1ccccc1C#CCCS(C)(=O)=O)n1c(=O)oc2cc(S(=O)(=O)Nc3ncns3)c(Cl)cc21. The Kier molecular flexibility index (Phi) is 7.24. The fourth-order valence-corrected chi connectivity index (χ4v) is 6.18. The quantitative estimate of drug-likeness (QED) is 0.336. The summed E-state index contributed by atoms with van der Waals surface area (Å²) in [5.41, 5.74) is 1.64. The Morgan fingerprint density at radius 3 is 2.67 bits per heavy atom. The highest BCUT2D eigenvalue weighted by Gasteiger charge is 2.25. The van der Waals surface area contributed by atoms with Crippen LogP contribution in [0.2, 0.25) is 5.02 Å². The van der Waals surface area contributed by atoms with Gasteiger partial charge < -0.3 is 4.42 Å². The number of fused-ring (bicyclic) bond motifs is 1. The fourth-order valence-electron chi connectivity index (χ4n) is 3.50. The Labute approximate surface area is 216 Å². The van der Waals surface area contributed by atoms with Crippen molar-refractivity contribution in [1.29, 1.82) is 0 Å². The summed E-state index contributed by atoms with van der Waals surface area (Å²) in [6.45, 7) is 1.77. The lowest BCUT2D eigenvalue weighted by atomic mass is 10.0.